The van der Waals surface area contributed by atoms with Crippen molar-refractivity contribution < 1.29 is 9.47 Å². The van der Waals surface area contributed by atoms with Crippen LogP contribution in [-0.2, 0) is 9.47 Å². The molecule has 3 heteroatoms. The molecule has 0 heterocycles. The molecule has 1 aromatic carbocycles. The summed E-state index contributed by atoms with van der Waals surface area (Å²) in [5.41, 5.74) is 2.83. The summed E-state index contributed by atoms with van der Waals surface area (Å²) < 4.78 is 17.0. The summed E-state index contributed by atoms with van der Waals surface area (Å²) in [5.74, 6) is 0. The van der Waals surface area contributed by atoms with Crippen molar-refractivity contribution in [3.05, 3.63) is 41.5 Å². The molecule has 0 saturated heterocycles. The van der Waals surface area contributed by atoms with E-state index in [-0.39, 0.29) is 0 Å². The number of hydrogen-bond acceptors (Lipinski definition) is 2. The topological polar surface area (TPSA) is 18.5 Å². The number of rotatable bonds is 15. The molecule has 2 nitrogen and oxygen atoms in total. The summed E-state index contributed by atoms with van der Waals surface area (Å²) in [4.78, 5) is 0. The summed E-state index contributed by atoms with van der Waals surface area (Å²) in [6.45, 7) is 10.3. The van der Waals surface area contributed by atoms with E-state index in [0.717, 1.165) is 0 Å². The van der Waals surface area contributed by atoms with E-state index in [1.807, 2.05) is 0 Å². The Hall–Kier alpha value is -0.321. The standard InChI is InChI=1S/C12H15O2.3C4H9.Sn/c1-11-5-3-6-12(9-11)7-4-8-14-10-13-2;3*1-3-4-2;/h3-6,9H,8,10H2,1-2H3;3*1,3-4H2,2H3;. The van der Waals surface area contributed by atoms with Crippen LogP contribution in [0, 0.1) is 6.92 Å². The van der Waals surface area contributed by atoms with Gasteiger partial charge in [0.15, 0.2) is 0 Å². The second-order valence-corrected chi connectivity index (χ2v) is 21.0. The molecule has 0 saturated carbocycles. The first kappa shape index (κ1) is 24.7. The summed E-state index contributed by atoms with van der Waals surface area (Å²) in [7, 11) is 1.69. The molecule has 0 N–H and O–H groups in total. The number of aryl methyl sites for hydroxylation is 1. The maximum absolute atomic E-state index is 5.71. The molecule has 0 unspecified atom stereocenters. The number of hydrogen-bond donors (Lipinski definition) is 0. The molecule has 0 amide bonds. The van der Waals surface area contributed by atoms with Crippen molar-refractivity contribution in [3.63, 3.8) is 0 Å². The fourth-order valence-corrected chi connectivity index (χ4v) is 21.0. The zero-order chi connectivity index (χ0) is 20.0. The van der Waals surface area contributed by atoms with Crippen LogP contribution in [0.1, 0.15) is 70.4 Å². The minimum absolute atomic E-state index is 0.374. The summed E-state index contributed by atoms with van der Waals surface area (Å²) in [6, 6.07) is 9.18. The number of methoxy groups -OCH3 is 1. The summed E-state index contributed by atoms with van der Waals surface area (Å²) in [6.07, 6.45) is 10.5. The van der Waals surface area contributed by atoms with Crippen LogP contribution in [0.5, 0.6) is 0 Å². The number of unbranched alkanes of at least 4 members (excludes halogenated alkanes) is 3. The molecule has 27 heavy (non-hydrogen) atoms. The maximum atomic E-state index is 5.71. The van der Waals surface area contributed by atoms with Crippen LogP contribution in [-0.4, -0.2) is 38.9 Å². The molecular weight excluding hydrogens is 439 g/mol. The van der Waals surface area contributed by atoms with Crippen molar-refractivity contribution in [2.24, 2.45) is 0 Å². The van der Waals surface area contributed by atoms with Crippen molar-refractivity contribution in [3.8, 4) is 0 Å². The van der Waals surface area contributed by atoms with Crippen LogP contribution < -0.4 is 0 Å². The van der Waals surface area contributed by atoms with Gasteiger partial charge in [-0.15, -0.1) is 0 Å². The zero-order valence-corrected chi connectivity index (χ0v) is 21.3. The third-order valence-electron chi connectivity index (χ3n) is 5.53. The molecule has 0 radical (unpaired) electrons. The molecule has 0 aromatic heterocycles. The van der Waals surface area contributed by atoms with Crippen molar-refractivity contribution in [1.82, 2.24) is 0 Å². The first-order chi connectivity index (χ1) is 13.1. The second kappa shape index (κ2) is 14.6. The van der Waals surface area contributed by atoms with Gasteiger partial charge in [0.25, 0.3) is 0 Å². The molecule has 0 bridgehead atoms. The predicted molar refractivity (Wildman–Crippen MR) is 122 cm³/mol. The van der Waals surface area contributed by atoms with Gasteiger partial charge in [-0.1, -0.05) is 0 Å². The Morgan fingerprint density at radius 2 is 1.56 bits per heavy atom. The van der Waals surface area contributed by atoms with Crippen LogP contribution in [0.25, 0.3) is 3.59 Å². The normalized spacial score (nSPS) is 12.6. The third kappa shape index (κ3) is 8.70. The molecule has 0 spiro atoms. The molecule has 0 atom stereocenters. The van der Waals surface area contributed by atoms with Gasteiger partial charge < -0.3 is 0 Å². The Morgan fingerprint density at radius 3 is 2.04 bits per heavy atom. The second-order valence-electron chi connectivity index (χ2n) is 7.86. The SMILES string of the molecule is CCC[CH2][Sn]([CH2]CCC)([CH2]CCC)/[C](=C/COCOC)c1cccc(C)c1. The molecule has 0 fully saturated rings. The minimum atomic E-state index is -2.51. The summed E-state index contributed by atoms with van der Waals surface area (Å²) >= 11 is -2.51. The van der Waals surface area contributed by atoms with Crippen molar-refractivity contribution in [2.75, 3.05) is 20.5 Å². The van der Waals surface area contributed by atoms with Crippen LogP contribution in [0.4, 0.5) is 0 Å². The fourth-order valence-electron chi connectivity index (χ4n) is 4.05. The Bertz CT molecular complexity index is 517. The quantitative estimate of drug-likeness (QED) is 0.148. The van der Waals surface area contributed by atoms with Crippen LogP contribution in [0.2, 0.25) is 13.3 Å². The van der Waals surface area contributed by atoms with E-state index in [9.17, 15) is 0 Å². The average molecular weight is 481 g/mol. The van der Waals surface area contributed by atoms with Gasteiger partial charge in [0, 0.05) is 0 Å². The Kier molecular flexibility index (Phi) is 13.4. The van der Waals surface area contributed by atoms with Crippen LogP contribution in [0.15, 0.2) is 30.3 Å². The molecule has 0 aliphatic heterocycles. The van der Waals surface area contributed by atoms with E-state index < -0.39 is 18.4 Å². The molecule has 1 rings (SSSR count). The predicted octanol–water partition coefficient (Wildman–Crippen LogP) is 7.39. The van der Waals surface area contributed by atoms with Gasteiger partial charge >= 0.3 is 173 Å². The van der Waals surface area contributed by atoms with Crippen LogP contribution >= 0.6 is 0 Å². The van der Waals surface area contributed by atoms with Gasteiger partial charge in [-0.3, -0.25) is 0 Å². The first-order valence-corrected chi connectivity index (χ1v) is 18.5. The van der Waals surface area contributed by atoms with Gasteiger partial charge in [0.2, 0.25) is 0 Å². The third-order valence-corrected chi connectivity index (χ3v) is 21.4. The van der Waals surface area contributed by atoms with Crippen molar-refractivity contribution in [1.29, 1.82) is 0 Å². The number of benzene rings is 1. The van der Waals surface area contributed by atoms with E-state index in [1.165, 1.54) is 63.0 Å². The molecule has 0 aliphatic carbocycles. The Labute approximate surface area is 172 Å². The Morgan fingerprint density at radius 1 is 0.963 bits per heavy atom. The number of ether oxygens (including phenoxy) is 2. The van der Waals surface area contributed by atoms with E-state index >= 15 is 0 Å². The van der Waals surface area contributed by atoms with E-state index in [4.69, 9.17) is 9.47 Å². The van der Waals surface area contributed by atoms with Gasteiger partial charge in [-0.2, -0.15) is 0 Å². The Balaban J connectivity index is 3.34. The van der Waals surface area contributed by atoms with E-state index in [0.29, 0.717) is 13.4 Å². The average Bonchev–Trinajstić information content (AvgIpc) is 2.68. The van der Waals surface area contributed by atoms with E-state index in [1.54, 1.807) is 10.7 Å². The molecular formula is C24H42O2Sn. The first-order valence-electron chi connectivity index (χ1n) is 11.0. The van der Waals surface area contributed by atoms with Crippen LogP contribution in [0.3, 0.4) is 0 Å². The van der Waals surface area contributed by atoms with Gasteiger partial charge in [0.1, 0.15) is 0 Å². The van der Waals surface area contributed by atoms with Gasteiger partial charge in [0.05, 0.1) is 0 Å². The zero-order valence-electron chi connectivity index (χ0n) is 18.5. The molecule has 154 valence electrons. The van der Waals surface area contributed by atoms with Crippen molar-refractivity contribution in [2.45, 2.75) is 79.5 Å². The van der Waals surface area contributed by atoms with Gasteiger partial charge in [-0.05, 0) is 0 Å². The van der Waals surface area contributed by atoms with Gasteiger partial charge in [-0.25, -0.2) is 0 Å². The summed E-state index contributed by atoms with van der Waals surface area (Å²) in [5, 5.41) is 0. The van der Waals surface area contributed by atoms with Crippen molar-refractivity contribution >= 4 is 22.0 Å². The monoisotopic (exact) mass is 482 g/mol. The van der Waals surface area contributed by atoms with E-state index in [2.05, 4.69) is 58.0 Å². The fraction of sp³-hybridized carbons (Fsp3) is 0.667. The molecule has 1 aromatic rings. The molecule has 0 aliphatic rings.